The third-order valence-corrected chi connectivity index (χ3v) is 6.34. The van der Waals surface area contributed by atoms with E-state index in [9.17, 15) is 14.7 Å². The number of nitrogens with one attached hydrogen (secondary N) is 1. The Morgan fingerprint density at radius 3 is 2.69 bits per heavy atom. The number of likely N-dealkylation sites (N-methyl/N-ethyl adjacent to an activating group) is 1. The standard InChI is InChI=1S/C27H31N5O4/c1-18-15-32(19(2)17-33)26(34)23-12-21(20-8-7-11-28-13-20)14-29-25(23)36-24(18)16-31(3)27(35)30-22-9-5-4-6-10-22/h4-14,18-19,24,33H,15-17H2,1-3H3,(H,30,35)/t18-,19+,24+/m0/s1. The second-order valence-electron chi connectivity index (χ2n) is 9.12. The third-order valence-electron chi connectivity index (χ3n) is 6.34. The summed E-state index contributed by atoms with van der Waals surface area (Å²) in [5.74, 6) is -0.190. The van der Waals surface area contributed by atoms with Crippen molar-refractivity contribution in [1.29, 1.82) is 0 Å². The molecule has 3 aromatic rings. The molecule has 0 unspecified atom stereocenters. The predicted octanol–water partition coefficient (Wildman–Crippen LogP) is 3.53. The number of rotatable bonds is 6. The van der Waals surface area contributed by atoms with Gasteiger partial charge < -0.3 is 25.0 Å². The quantitative estimate of drug-likeness (QED) is 0.549. The number of nitrogens with zero attached hydrogens (tertiary/aromatic N) is 4. The van der Waals surface area contributed by atoms with E-state index in [4.69, 9.17) is 4.74 Å². The number of para-hydroxylation sites is 1. The first-order valence-electron chi connectivity index (χ1n) is 11.9. The molecule has 36 heavy (non-hydrogen) atoms. The molecule has 3 amide bonds. The number of carbonyl (C=O) groups is 2. The van der Waals surface area contributed by atoms with Crippen LogP contribution in [0.5, 0.6) is 5.88 Å². The van der Waals surface area contributed by atoms with Gasteiger partial charge in [-0.3, -0.25) is 9.78 Å². The lowest BCUT2D eigenvalue weighted by Gasteiger charge is -2.37. The van der Waals surface area contributed by atoms with Gasteiger partial charge >= 0.3 is 6.03 Å². The summed E-state index contributed by atoms with van der Waals surface area (Å²) in [6.07, 6.45) is 4.60. The first kappa shape index (κ1) is 25.1. The van der Waals surface area contributed by atoms with Crippen LogP contribution in [-0.2, 0) is 0 Å². The molecule has 3 atom stereocenters. The van der Waals surface area contributed by atoms with Crippen LogP contribution in [0.4, 0.5) is 10.5 Å². The first-order chi connectivity index (χ1) is 17.4. The monoisotopic (exact) mass is 489 g/mol. The second kappa shape index (κ2) is 11.2. The summed E-state index contributed by atoms with van der Waals surface area (Å²) in [7, 11) is 1.70. The molecule has 1 aliphatic rings. The molecule has 2 N–H and O–H groups in total. The number of ether oxygens (including phenoxy) is 1. The third kappa shape index (κ3) is 5.63. The average Bonchev–Trinajstić information content (AvgIpc) is 2.91. The molecule has 9 heteroatoms. The van der Waals surface area contributed by atoms with Crippen LogP contribution in [0.2, 0.25) is 0 Å². The molecule has 2 aromatic heterocycles. The van der Waals surface area contributed by atoms with E-state index in [0.717, 1.165) is 11.1 Å². The number of aliphatic hydroxyl groups is 1. The summed E-state index contributed by atoms with van der Waals surface area (Å²) < 4.78 is 6.28. The maximum absolute atomic E-state index is 13.6. The maximum Gasteiger partial charge on any atom is 0.321 e. The molecule has 0 fully saturated rings. The molecule has 0 aliphatic carbocycles. The molecular formula is C27H31N5O4. The molecule has 9 nitrogen and oxygen atoms in total. The molecule has 1 aromatic carbocycles. The SMILES string of the molecule is C[C@H](CO)N1C[C@H](C)[C@@H](CN(C)C(=O)Nc2ccccc2)Oc2ncc(-c3cccnc3)cc2C1=O. The van der Waals surface area contributed by atoms with Crippen molar-refractivity contribution >= 4 is 17.6 Å². The molecular weight excluding hydrogens is 458 g/mol. The number of aromatic nitrogens is 2. The number of hydrogen-bond donors (Lipinski definition) is 2. The van der Waals surface area contributed by atoms with Gasteiger partial charge in [0.15, 0.2) is 0 Å². The topological polar surface area (TPSA) is 108 Å². The van der Waals surface area contributed by atoms with Crippen LogP contribution in [0, 0.1) is 5.92 Å². The van der Waals surface area contributed by atoms with Crippen LogP contribution < -0.4 is 10.1 Å². The van der Waals surface area contributed by atoms with Gasteiger partial charge in [0.25, 0.3) is 5.91 Å². The second-order valence-corrected chi connectivity index (χ2v) is 9.12. The van der Waals surface area contributed by atoms with E-state index in [1.54, 1.807) is 48.4 Å². The number of hydrogen-bond acceptors (Lipinski definition) is 6. The van der Waals surface area contributed by atoms with E-state index < -0.39 is 12.1 Å². The van der Waals surface area contributed by atoms with Crippen LogP contribution in [0.15, 0.2) is 67.1 Å². The number of pyridine rings is 2. The number of benzene rings is 1. The summed E-state index contributed by atoms with van der Waals surface area (Å²) in [5, 5.41) is 12.7. The number of aliphatic hydroxyl groups excluding tert-OH is 1. The molecule has 188 valence electrons. The Kier molecular flexibility index (Phi) is 7.80. The van der Waals surface area contributed by atoms with Gasteiger partial charge in [0, 0.05) is 54.9 Å². The van der Waals surface area contributed by atoms with Crippen molar-refractivity contribution in [1.82, 2.24) is 19.8 Å². The Hall–Kier alpha value is -3.98. The van der Waals surface area contributed by atoms with Gasteiger partial charge in [0.05, 0.1) is 19.2 Å². The van der Waals surface area contributed by atoms with Crippen molar-refractivity contribution in [2.24, 2.45) is 5.92 Å². The Bertz CT molecular complexity index is 1190. The van der Waals surface area contributed by atoms with E-state index in [0.29, 0.717) is 17.8 Å². The highest BCUT2D eigenvalue weighted by Gasteiger charge is 2.34. The van der Waals surface area contributed by atoms with Crippen molar-refractivity contribution in [3.63, 3.8) is 0 Å². The largest absolute Gasteiger partial charge is 0.472 e. The summed E-state index contributed by atoms with van der Waals surface area (Å²) >= 11 is 0. The fourth-order valence-electron chi connectivity index (χ4n) is 4.10. The van der Waals surface area contributed by atoms with Gasteiger partial charge in [-0.05, 0) is 31.2 Å². The van der Waals surface area contributed by atoms with Gasteiger partial charge in [-0.25, -0.2) is 9.78 Å². The molecule has 1 aliphatic heterocycles. The number of fused-ring (bicyclic) bond motifs is 1. The van der Waals surface area contributed by atoms with E-state index in [1.807, 2.05) is 49.4 Å². The minimum Gasteiger partial charge on any atom is -0.472 e. The van der Waals surface area contributed by atoms with Gasteiger partial charge in [-0.2, -0.15) is 0 Å². The minimum absolute atomic E-state index is 0.136. The lowest BCUT2D eigenvalue weighted by Crippen LogP contribution is -2.50. The van der Waals surface area contributed by atoms with Gasteiger partial charge in [0.2, 0.25) is 5.88 Å². The van der Waals surface area contributed by atoms with Crippen LogP contribution in [0.1, 0.15) is 24.2 Å². The Morgan fingerprint density at radius 2 is 2.00 bits per heavy atom. The number of carbonyl (C=O) groups excluding carboxylic acids is 2. The number of anilines is 1. The van der Waals surface area contributed by atoms with Crippen molar-refractivity contribution in [3.8, 4) is 17.0 Å². The van der Waals surface area contributed by atoms with Crippen LogP contribution >= 0.6 is 0 Å². The fourth-order valence-corrected chi connectivity index (χ4v) is 4.10. The van der Waals surface area contributed by atoms with E-state index in [2.05, 4.69) is 15.3 Å². The van der Waals surface area contributed by atoms with Gasteiger partial charge in [0.1, 0.15) is 11.7 Å². The molecule has 0 saturated carbocycles. The summed E-state index contributed by atoms with van der Waals surface area (Å²) in [5.41, 5.74) is 2.57. The average molecular weight is 490 g/mol. The number of urea groups is 1. The smallest absolute Gasteiger partial charge is 0.321 e. The molecule has 0 spiro atoms. The van der Waals surface area contributed by atoms with E-state index >= 15 is 0 Å². The zero-order chi connectivity index (χ0) is 25.7. The molecule has 0 radical (unpaired) electrons. The highest BCUT2D eigenvalue weighted by molar-refractivity contribution is 5.98. The minimum atomic E-state index is -0.437. The highest BCUT2D eigenvalue weighted by Crippen LogP contribution is 2.30. The molecule has 0 saturated heterocycles. The van der Waals surface area contributed by atoms with Crippen LogP contribution in [0.25, 0.3) is 11.1 Å². The molecule has 4 rings (SSSR count). The fraction of sp³-hybridized carbons (Fsp3) is 0.333. The summed E-state index contributed by atoms with van der Waals surface area (Å²) in [6.45, 7) is 4.23. The Morgan fingerprint density at radius 1 is 1.22 bits per heavy atom. The Balaban J connectivity index is 1.62. The molecule has 0 bridgehead atoms. The van der Waals surface area contributed by atoms with Gasteiger partial charge in [-0.15, -0.1) is 0 Å². The zero-order valence-electron chi connectivity index (χ0n) is 20.7. The van der Waals surface area contributed by atoms with Crippen LogP contribution in [0.3, 0.4) is 0 Å². The van der Waals surface area contributed by atoms with Gasteiger partial charge in [-0.1, -0.05) is 31.2 Å². The van der Waals surface area contributed by atoms with Crippen molar-refractivity contribution < 1.29 is 19.4 Å². The zero-order valence-corrected chi connectivity index (χ0v) is 20.7. The first-order valence-corrected chi connectivity index (χ1v) is 11.9. The normalized spacial score (nSPS) is 18.3. The summed E-state index contributed by atoms with van der Waals surface area (Å²) in [4.78, 5) is 38.2. The molecule has 3 heterocycles. The van der Waals surface area contributed by atoms with E-state index in [1.165, 1.54) is 0 Å². The van der Waals surface area contributed by atoms with Crippen molar-refractivity contribution in [3.05, 3.63) is 72.7 Å². The lowest BCUT2D eigenvalue weighted by atomic mass is 9.99. The predicted molar refractivity (Wildman–Crippen MR) is 137 cm³/mol. The van der Waals surface area contributed by atoms with Crippen LogP contribution in [-0.4, -0.2) is 75.7 Å². The lowest BCUT2D eigenvalue weighted by molar-refractivity contribution is 0.0356. The number of amides is 3. The van der Waals surface area contributed by atoms with Crippen molar-refractivity contribution in [2.75, 3.05) is 32.1 Å². The highest BCUT2D eigenvalue weighted by atomic mass is 16.5. The summed E-state index contributed by atoms with van der Waals surface area (Å²) in [6, 6.07) is 14.0. The van der Waals surface area contributed by atoms with E-state index in [-0.39, 0.29) is 36.9 Å². The maximum atomic E-state index is 13.6. The van der Waals surface area contributed by atoms with Crippen molar-refractivity contribution in [2.45, 2.75) is 26.0 Å². The Labute approximate surface area is 210 Å².